The zero-order chi connectivity index (χ0) is 20.7. The number of ether oxygens (including phenoxy) is 1. The third kappa shape index (κ3) is 6.12. The minimum atomic E-state index is -0.658. The Bertz CT molecular complexity index is 727. The summed E-state index contributed by atoms with van der Waals surface area (Å²) in [6, 6.07) is 3.65. The second-order valence-electron chi connectivity index (χ2n) is 7.82. The van der Waals surface area contributed by atoms with Crippen molar-refractivity contribution in [3.63, 3.8) is 0 Å². The highest BCUT2D eigenvalue weighted by atomic mass is 19.1. The van der Waals surface area contributed by atoms with E-state index >= 15 is 0 Å². The lowest BCUT2D eigenvalue weighted by atomic mass is 9.79. The largest absolute Gasteiger partial charge is 0.503 e. The summed E-state index contributed by atoms with van der Waals surface area (Å²) in [5.74, 6) is -0.975. The topological polar surface area (TPSA) is 131 Å². The van der Waals surface area contributed by atoms with E-state index in [4.69, 9.17) is 16.2 Å². The molecule has 0 atom stereocenters. The average Bonchev–Trinajstić information content (AvgIpc) is 2.74. The number of amidine groups is 1. The van der Waals surface area contributed by atoms with Gasteiger partial charge in [-0.15, -0.1) is 0 Å². The number of pyridine rings is 1. The van der Waals surface area contributed by atoms with Crippen molar-refractivity contribution in [2.24, 2.45) is 16.5 Å². The molecule has 0 amide bonds. The number of hydrogen-bond donors (Lipinski definition) is 5. The van der Waals surface area contributed by atoms with Crippen LogP contribution < -0.4 is 22.1 Å². The normalized spacial score (nSPS) is 27.0. The van der Waals surface area contributed by atoms with Crippen LogP contribution in [0, 0.1) is 5.95 Å². The van der Waals surface area contributed by atoms with Crippen LogP contribution >= 0.6 is 0 Å². The first kappa shape index (κ1) is 21.5. The summed E-state index contributed by atoms with van der Waals surface area (Å²) in [5, 5.41) is 17.2. The maximum Gasteiger partial charge on any atom is 0.214 e. The maximum atomic E-state index is 13.1. The molecule has 0 aromatic carbocycles. The van der Waals surface area contributed by atoms with E-state index in [1.54, 1.807) is 0 Å². The van der Waals surface area contributed by atoms with Gasteiger partial charge in [-0.05, 0) is 44.6 Å². The number of nitrogens with two attached hydrogens (primary N) is 2. The van der Waals surface area contributed by atoms with Crippen LogP contribution in [0.25, 0.3) is 0 Å². The molecule has 1 saturated heterocycles. The van der Waals surface area contributed by atoms with Crippen LogP contribution in [-0.4, -0.2) is 53.3 Å². The highest BCUT2D eigenvalue weighted by molar-refractivity contribution is 5.96. The molecule has 1 aliphatic carbocycles. The molecule has 1 aromatic heterocycles. The molecule has 3 rings (SSSR count). The summed E-state index contributed by atoms with van der Waals surface area (Å²) in [6.45, 7) is 2.11. The van der Waals surface area contributed by atoms with Crippen molar-refractivity contribution >= 4 is 11.5 Å². The Hall–Kier alpha value is -2.23. The molecule has 160 valence electrons. The van der Waals surface area contributed by atoms with E-state index in [0.29, 0.717) is 18.6 Å². The second-order valence-corrected chi connectivity index (χ2v) is 7.82. The molecule has 1 aromatic rings. The monoisotopic (exact) mass is 406 g/mol. The Morgan fingerprint density at radius 1 is 1.31 bits per heavy atom. The molecular formula is C20H31FN6O2. The van der Waals surface area contributed by atoms with Crippen molar-refractivity contribution in [1.29, 1.82) is 0 Å². The lowest BCUT2D eigenvalue weighted by molar-refractivity contribution is 0.0712. The van der Waals surface area contributed by atoms with E-state index in [1.165, 1.54) is 18.5 Å². The van der Waals surface area contributed by atoms with Gasteiger partial charge in [0, 0.05) is 55.8 Å². The summed E-state index contributed by atoms with van der Waals surface area (Å²) >= 11 is 0. The number of aliphatic hydroxyl groups excluding tert-OH is 1. The number of rotatable bonds is 7. The van der Waals surface area contributed by atoms with Crippen LogP contribution in [0.4, 0.5) is 10.1 Å². The number of aromatic nitrogens is 1. The second kappa shape index (κ2) is 10.00. The van der Waals surface area contributed by atoms with Crippen molar-refractivity contribution in [3.05, 3.63) is 36.2 Å². The lowest BCUT2D eigenvalue weighted by Gasteiger charge is -2.41. The van der Waals surface area contributed by atoms with Gasteiger partial charge in [0.05, 0.1) is 5.69 Å². The van der Waals surface area contributed by atoms with Gasteiger partial charge in [-0.3, -0.25) is 0 Å². The number of aliphatic hydroxyl groups is 1. The van der Waals surface area contributed by atoms with Gasteiger partial charge < -0.3 is 31.9 Å². The Balaban J connectivity index is 1.54. The number of nitrogens with zero attached hydrogens (tertiary/aromatic N) is 2. The molecule has 7 N–H and O–H groups in total. The zero-order valence-corrected chi connectivity index (χ0v) is 16.6. The molecule has 1 aliphatic heterocycles. The third-order valence-corrected chi connectivity index (χ3v) is 5.76. The molecule has 0 bridgehead atoms. The molecule has 8 nitrogen and oxygen atoms in total. The van der Waals surface area contributed by atoms with Crippen molar-refractivity contribution in [3.8, 4) is 0 Å². The van der Waals surface area contributed by atoms with E-state index < -0.39 is 5.95 Å². The van der Waals surface area contributed by atoms with E-state index in [-0.39, 0.29) is 22.8 Å². The molecule has 2 aliphatic rings. The first-order valence-corrected chi connectivity index (χ1v) is 10.2. The Morgan fingerprint density at radius 3 is 2.66 bits per heavy atom. The Labute approximate surface area is 170 Å². The highest BCUT2D eigenvalue weighted by Crippen LogP contribution is 2.29. The third-order valence-electron chi connectivity index (χ3n) is 5.76. The average molecular weight is 407 g/mol. The maximum absolute atomic E-state index is 13.1. The smallest absolute Gasteiger partial charge is 0.214 e. The van der Waals surface area contributed by atoms with E-state index in [0.717, 1.165) is 57.8 Å². The molecule has 2 heterocycles. The van der Waals surface area contributed by atoms with Crippen molar-refractivity contribution in [2.45, 2.75) is 56.1 Å². The number of hydrogen-bond acceptors (Lipinski definition) is 7. The first-order chi connectivity index (χ1) is 14.0. The fourth-order valence-corrected chi connectivity index (χ4v) is 3.90. The van der Waals surface area contributed by atoms with Gasteiger partial charge >= 0.3 is 0 Å². The summed E-state index contributed by atoms with van der Waals surface area (Å²) < 4.78 is 18.6. The van der Waals surface area contributed by atoms with Gasteiger partial charge in [0.2, 0.25) is 5.95 Å². The Morgan fingerprint density at radius 2 is 2.00 bits per heavy atom. The number of halogens is 1. The molecule has 0 spiro atoms. The highest BCUT2D eigenvalue weighted by Gasteiger charge is 2.34. The van der Waals surface area contributed by atoms with Gasteiger partial charge in [0.1, 0.15) is 0 Å². The first-order valence-electron chi connectivity index (χ1n) is 10.2. The SMILES string of the molecule is NCC1(N/C=C(/O)C(N)=Nc2ccnc(F)c2)CCC(NC2CCOCC2)CC1. The van der Waals surface area contributed by atoms with Crippen LogP contribution in [0.3, 0.4) is 0 Å². The number of aliphatic imine (C=N–C) groups is 1. The van der Waals surface area contributed by atoms with Gasteiger partial charge in [0.25, 0.3) is 0 Å². The van der Waals surface area contributed by atoms with Crippen molar-refractivity contribution < 1.29 is 14.2 Å². The number of nitrogens with one attached hydrogen (secondary N) is 2. The lowest BCUT2D eigenvalue weighted by Crippen LogP contribution is -2.54. The fraction of sp³-hybridized carbons (Fsp3) is 0.600. The quantitative estimate of drug-likeness (QED) is 0.201. The summed E-state index contributed by atoms with van der Waals surface area (Å²) in [5.41, 5.74) is 11.9. The van der Waals surface area contributed by atoms with Crippen LogP contribution in [0.5, 0.6) is 0 Å². The van der Waals surface area contributed by atoms with Gasteiger partial charge in [-0.2, -0.15) is 4.39 Å². The summed E-state index contributed by atoms with van der Waals surface area (Å²) in [4.78, 5) is 7.47. The van der Waals surface area contributed by atoms with E-state index in [1.807, 2.05) is 0 Å². The predicted molar refractivity (Wildman–Crippen MR) is 110 cm³/mol. The molecule has 1 saturated carbocycles. The Kier molecular flexibility index (Phi) is 7.40. The van der Waals surface area contributed by atoms with Gasteiger partial charge in [0.15, 0.2) is 11.6 Å². The molecule has 0 radical (unpaired) electrons. The minimum absolute atomic E-state index is 0.106. The molecule has 2 fully saturated rings. The van der Waals surface area contributed by atoms with Crippen LogP contribution in [0.2, 0.25) is 0 Å². The van der Waals surface area contributed by atoms with Crippen LogP contribution in [0.15, 0.2) is 35.3 Å². The van der Waals surface area contributed by atoms with Crippen molar-refractivity contribution in [2.75, 3.05) is 19.8 Å². The van der Waals surface area contributed by atoms with Crippen LogP contribution in [0.1, 0.15) is 38.5 Å². The van der Waals surface area contributed by atoms with E-state index in [9.17, 15) is 9.50 Å². The zero-order valence-electron chi connectivity index (χ0n) is 16.6. The van der Waals surface area contributed by atoms with Crippen molar-refractivity contribution in [1.82, 2.24) is 15.6 Å². The predicted octanol–water partition coefficient (Wildman–Crippen LogP) is 1.61. The summed E-state index contributed by atoms with van der Waals surface area (Å²) in [7, 11) is 0. The molecule has 0 unspecified atom stereocenters. The van der Waals surface area contributed by atoms with Crippen LogP contribution in [-0.2, 0) is 4.74 Å². The van der Waals surface area contributed by atoms with E-state index in [2.05, 4.69) is 20.6 Å². The minimum Gasteiger partial charge on any atom is -0.503 e. The van der Waals surface area contributed by atoms with Gasteiger partial charge in [-0.25, -0.2) is 9.98 Å². The standard InChI is InChI=1S/C20H31FN6O2/c21-18-11-16(3-8-24-18)27-19(23)17(28)12-25-20(13-22)6-1-14(2-7-20)26-15-4-9-29-10-5-15/h3,8,11-12,14-15,25-26,28H,1-2,4-7,9-10,13,22H2,(H2,23,24,27)/b17-12+. The fourth-order valence-electron chi connectivity index (χ4n) is 3.90. The summed E-state index contributed by atoms with van der Waals surface area (Å²) in [6.07, 6.45) is 8.65. The molecule has 9 heteroatoms. The molecular weight excluding hydrogens is 375 g/mol. The molecule has 29 heavy (non-hydrogen) atoms. The van der Waals surface area contributed by atoms with Gasteiger partial charge in [-0.1, -0.05) is 0 Å².